The van der Waals surface area contributed by atoms with Gasteiger partial charge in [0.05, 0.1) is 4.92 Å². The maximum Gasteiger partial charge on any atom is 0.274 e. The van der Waals surface area contributed by atoms with Gasteiger partial charge in [0.25, 0.3) is 6.20 Å². The van der Waals surface area contributed by atoms with E-state index in [2.05, 4.69) is 10.3 Å². The fourth-order valence-electron chi connectivity index (χ4n) is 1.83. The molecule has 0 atom stereocenters. The molecule has 2 heterocycles. The van der Waals surface area contributed by atoms with E-state index in [4.69, 9.17) is 11.6 Å². The van der Waals surface area contributed by atoms with Crippen molar-refractivity contribution in [2.45, 2.75) is 6.42 Å². The van der Waals surface area contributed by atoms with E-state index in [9.17, 15) is 10.1 Å². The fourth-order valence-corrected chi connectivity index (χ4v) is 1.94. The Balaban J connectivity index is 1.93. The lowest BCUT2D eigenvalue weighted by atomic mass is 10.2. The minimum atomic E-state index is -0.440. The second-order valence-electron chi connectivity index (χ2n) is 3.95. The topological polar surface area (TPSA) is 71.3 Å². The molecule has 0 amide bonds. The molecule has 1 aliphatic rings. The molecule has 2 rings (SSSR count). The molecule has 1 saturated heterocycles. The lowest BCUT2D eigenvalue weighted by Crippen LogP contribution is -2.23. The van der Waals surface area contributed by atoms with Crippen LogP contribution in [0, 0.1) is 10.1 Å². The largest absolute Gasteiger partial charge is 0.365 e. The molecule has 96 valence electrons. The third kappa shape index (κ3) is 3.33. The summed E-state index contributed by atoms with van der Waals surface area (Å²) < 4.78 is 0. The van der Waals surface area contributed by atoms with Crippen LogP contribution in [-0.4, -0.2) is 34.4 Å². The van der Waals surface area contributed by atoms with E-state index in [1.165, 1.54) is 0 Å². The molecular weight excluding hydrogens is 256 g/mol. The summed E-state index contributed by atoms with van der Waals surface area (Å²) in [7, 11) is 0. The van der Waals surface area contributed by atoms with Crippen LogP contribution < -0.4 is 5.32 Å². The Bertz CT molecular complexity index is 461. The van der Waals surface area contributed by atoms with Gasteiger partial charge in [-0.2, -0.15) is 0 Å². The normalized spacial score (nSPS) is 16.9. The first-order valence-electron chi connectivity index (χ1n) is 5.60. The van der Waals surface area contributed by atoms with E-state index in [1.807, 2.05) is 11.0 Å². The summed E-state index contributed by atoms with van der Waals surface area (Å²) in [5.41, 5.74) is 1.06. The molecule has 0 saturated carbocycles. The monoisotopic (exact) mass is 268 g/mol. The molecule has 0 bridgehead atoms. The molecule has 1 aromatic heterocycles. The number of hydrogen-bond donors (Lipinski definition) is 1. The van der Waals surface area contributed by atoms with E-state index < -0.39 is 4.92 Å². The summed E-state index contributed by atoms with van der Waals surface area (Å²) in [5.74, 6) is 0.571. The summed E-state index contributed by atoms with van der Waals surface area (Å²) in [6.45, 7) is 2.23. The van der Waals surface area contributed by atoms with Gasteiger partial charge in [-0.3, -0.25) is 10.1 Å². The highest BCUT2D eigenvalue weighted by molar-refractivity contribution is 6.29. The van der Waals surface area contributed by atoms with E-state index in [0.29, 0.717) is 11.0 Å². The number of rotatable bonds is 4. The fraction of sp³-hybridized carbons (Fsp3) is 0.364. The van der Waals surface area contributed by atoms with Crippen molar-refractivity contribution in [2.24, 2.45) is 0 Å². The first kappa shape index (κ1) is 12.6. The van der Waals surface area contributed by atoms with Crippen molar-refractivity contribution in [1.82, 2.24) is 15.2 Å². The van der Waals surface area contributed by atoms with Gasteiger partial charge in [0.1, 0.15) is 5.15 Å². The van der Waals surface area contributed by atoms with Gasteiger partial charge in [-0.1, -0.05) is 17.7 Å². The van der Waals surface area contributed by atoms with Crippen molar-refractivity contribution < 1.29 is 4.92 Å². The molecule has 0 aromatic carbocycles. The Morgan fingerprint density at radius 1 is 1.61 bits per heavy atom. The van der Waals surface area contributed by atoms with Gasteiger partial charge in [-0.05, 0) is 18.1 Å². The van der Waals surface area contributed by atoms with Gasteiger partial charge in [-0.25, -0.2) is 4.98 Å². The molecule has 0 aliphatic carbocycles. The Kier molecular flexibility index (Phi) is 3.99. The van der Waals surface area contributed by atoms with Crippen LogP contribution in [0.2, 0.25) is 5.15 Å². The summed E-state index contributed by atoms with van der Waals surface area (Å²) in [6, 6.07) is 3.66. The van der Waals surface area contributed by atoms with Crippen LogP contribution in [0.15, 0.2) is 30.4 Å². The zero-order chi connectivity index (χ0) is 13.0. The average Bonchev–Trinajstić information content (AvgIpc) is 2.75. The summed E-state index contributed by atoms with van der Waals surface area (Å²) in [5, 5.41) is 13.9. The van der Waals surface area contributed by atoms with Crippen LogP contribution in [-0.2, 0) is 6.42 Å². The summed E-state index contributed by atoms with van der Waals surface area (Å²) in [4.78, 5) is 16.0. The second-order valence-corrected chi connectivity index (χ2v) is 4.34. The molecule has 7 heteroatoms. The standard InChI is InChI=1S/C11H13ClN4O2/c12-10-2-1-9(7-14-10)3-5-15-6-4-13-11(15)8-16(17)18/h1-2,7-8,13H,3-6H2. The molecule has 0 spiro atoms. The number of aromatic nitrogens is 1. The number of nitrogens with zero attached hydrogens (tertiary/aromatic N) is 3. The number of halogens is 1. The molecule has 1 aliphatic heterocycles. The van der Waals surface area contributed by atoms with Crippen molar-refractivity contribution in [3.63, 3.8) is 0 Å². The molecule has 1 fully saturated rings. The van der Waals surface area contributed by atoms with Crippen LogP contribution in [0.5, 0.6) is 0 Å². The Labute approximate surface area is 109 Å². The minimum absolute atomic E-state index is 0.440. The maximum absolute atomic E-state index is 10.5. The van der Waals surface area contributed by atoms with Gasteiger partial charge < -0.3 is 10.2 Å². The van der Waals surface area contributed by atoms with Crippen molar-refractivity contribution in [2.75, 3.05) is 19.6 Å². The highest BCUT2D eigenvalue weighted by Gasteiger charge is 2.18. The number of nitrogens with one attached hydrogen (secondary N) is 1. The molecule has 1 aromatic rings. The molecular formula is C11H13ClN4O2. The van der Waals surface area contributed by atoms with Gasteiger partial charge in [-0.15, -0.1) is 0 Å². The maximum atomic E-state index is 10.5. The van der Waals surface area contributed by atoms with Crippen molar-refractivity contribution in [1.29, 1.82) is 0 Å². The average molecular weight is 269 g/mol. The van der Waals surface area contributed by atoms with Gasteiger partial charge in [0, 0.05) is 25.8 Å². The van der Waals surface area contributed by atoms with E-state index >= 15 is 0 Å². The molecule has 1 N–H and O–H groups in total. The van der Waals surface area contributed by atoms with Crippen molar-refractivity contribution >= 4 is 11.6 Å². The lowest BCUT2D eigenvalue weighted by Gasteiger charge is -2.16. The van der Waals surface area contributed by atoms with Crippen molar-refractivity contribution in [3.05, 3.63) is 51.2 Å². The third-order valence-corrected chi connectivity index (χ3v) is 2.94. The van der Waals surface area contributed by atoms with Gasteiger partial charge in [0.2, 0.25) is 0 Å². The second kappa shape index (κ2) is 5.68. The minimum Gasteiger partial charge on any atom is -0.365 e. The van der Waals surface area contributed by atoms with Gasteiger partial charge in [0.15, 0.2) is 5.82 Å². The van der Waals surface area contributed by atoms with Crippen LogP contribution in [0.1, 0.15) is 5.56 Å². The Morgan fingerprint density at radius 3 is 3.11 bits per heavy atom. The Hall–Kier alpha value is -1.82. The number of hydrogen-bond acceptors (Lipinski definition) is 5. The number of nitro groups is 1. The van der Waals surface area contributed by atoms with Crippen LogP contribution in [0.25, 0.3) is 0 Å². The molecule has 0 unspecified atom stereocenters. The van der Waals surface area contributed by atoms with Crippen LogP contribution in [0.3, 0.4) is 0 Å². The summed E-state index contributed by atoms with van der Waals surface area (Å²) in [6.07, 6.45) is 3.51. The highest BCUT2D eigenvalue weighted by atomic mass is 35.5. The van der Waals surface area contributed by atoms with Crippen LogP contribution in [0.4, 0.5) is 0 Å². The first-order chi connectivity index (χ1) is 8.65. The van der Waals surface area contributed by atoms with Crippen molar-refractivity contribution in [3.8, 4) is 0 Å². The van der Waals surface area contributed by atoms with Crippen LogP contribution >= 0.6 is 11.6 Å². The zero-order valence-electron chi connectivity index (χ0n) is 9.67. The quantitative estimate of drug-likeness (QED) is 0.506. The first-order valence-corrected chi connectivity index (χ1v) is 5.97. The molecule has 6 nitrogen and oxygen atoms in total. The van der Waals surface area contributed by atoms with E-state index in [1.54, 1.807) is 12.3 Å². The van der Waals surface area contributed by atoms with E-state index in [0.717, 1.165) is 37.8 Å². The number of pyridine rings is 1. The summed E-state index contributed by atoms with van der Waals surface area (Å²) >= 11 is 5.70. The predicted molar refractivity (Wildman–Crippen MR) is 67.6 cm³/mol. The highest BCUT2D eigenvalue weighted by Crippen LogP contribution is 2.10. The SMILES string of the molecule is O=[N+]([O-])C=C1NCCN1CCc1ccc(Cl)nc1. The van der Waals surface area contributed by atoms with Gasteiger partial charge >= 0.3 is 0 Å². The molecule has 0 radical (unpaired) electrons. The smallest absolute Gasteiger partial charge is 0.274 e. The third-order valence-electron chi connectivity index (χ3n) is 2.72. The van der Waals surface area contributed by atoms with E-state index in [-0.39, 0.29) is 0 Å². The lowest BCUT2D eigenvalue weighted by molar-refractivity contribution is -0.404. The zero-order valence-corrected chi connectivity index (χ0v) is 10.4. The predicted octanol–water partition coefficient (Wildman–Crippen LogP) is 1.26. The molecule has 18 heavy (non-hydrogen) atoms. The Morgan fingerprint density at radius 2 is 2.44 bits per heavy atom.